The number of benzene rings is 1. The summed E-state index contributed by atoms with van der Waals surface area (Å²) in [5.41, 5.74) is 1.22. The van der Waals surface area contributed by atoms with Gasteiger partial charge in [0.15, 0.2) is 4.80 Å². The highest BCUT2D eigenvalue weighted by molar-refractivity contribution is 7.07. The van der Waals surface area contributed by atoms with Gasteiger partial charge in [-0.1, -0.05) is 37.3 Å². The zero-order chi connectivity index (χ0) is 13.2. The van der Waals surface area contributed by atoms with Crippen molar-refractivity contribution >= 4 is 17.2 Å². The molecule has 3 rings (SSSR count). The maximum absolute atomic E-state index is 11.9. The van der Waals surface area contributed by atoms with Crippen LogP contribution in [0.3, 0.4) is 0 Å². The van der Waals surface area contributed by atoms with E-state index in [9.17, 15) is 4.79 Å². The number of nitrogens with zero attached hydrogens (tertiary/aromatic N) is 2. The molecule has 1 heterocycles. The highest BCUT2D eigenvalue weighted by Gasteiger charge is 2.39. The lowest BCUT2D eigenvalue weighted by Gasteiger charge is -2.02. The summed E-state index contributed by atoms with van der Waals surface area (Å²) in [4.78, 5) is 17.0. The van der Waals surface area contributed by atoms with Crippen molar-refractivity contribution in [2.24, 2.45) is 16.8 Å². The van der Waals surface area contributed by atoms with Crippen LogP contribution in [0.4, 0.5) is 0 Å². The zero-order valence-electron chi connectivity index (χ0n) is 10.8. The number of rotatable bonds is 3. The molecule has 0 radical (unpaired) electrons. The van der Waals surface area contributed by atoms with Crippen molar-refractivity contribution in [1.82, 2.24) is 4.57 Å². The summed E-state index contributed by atoms with van der Waals surface area (Å²) in [7, 11) is 0. The van der Waals surface area contributed by atoms with Gasteiger partial charge >= 0.3 is 0 Å². The molecule has 1 aromatic heterocycles. The Morgan fingerprint density at radius 3 is 2.84 bits per heavy atom. The topological polar surface area (TPSA) is 34.4 Å². The Hall–Kier alpha value is -1.68. The smallest absolute Gasteiger partial charge is 0.251 e. The van der Waals surface area contributed by atoms with E-state index in [4.69, 9.17) is 0 Å². The van der Waals surface area contributed by atoms with Gasteiger partial charge in [0.25, 0.3) is 5.91 Å². The van der Waals surface area contributed by atoms with Crippen LogP contribution in [0.1, 0.15) is 18.9 Å². The van der Waals surface area contributed by atoms with Gasteiger partial charge in [-0.3, -0.25) is 4.79 Å². The largest absolute Gasteiger partial charge is 0.319 e. The van der Waals surface area contributed by atoms with Crippen LogP contribution >= 0.6 is 11.3 Å². The lowest BCUT2D eigenvalue weighted by molar-refractivity contribution is -0.119. The molecule has 1 fully saturated rings. The first-order valence-corrected chi connectivity index (χ1v) is 7.38. The quantitative estimate of drug-likeness (QED) is 0.846. The predicted molar refractivity (Wildman–Crippen MR) is 75.7 cm³/mol. The van der Waals surface area contributed by atoms with E-state index in [1.807, 2.05) is 34.3 Å². The van der Waals surface area contributed by atoms with E-state index in [1.54, 1.807) is 0 Å². The van der Waals surface area contributed by atoms with E-state index in [0.717, 1.165) is 17.8 Å². The number of carbonyl (C=O) groups excluding carboxylic acids is 1. The minimum Gasteiger partial charge on any atom is -0.319 e. The van der Waals surface area contributed by atoms with Gasteiger partial charge in [-0.15, -0.1) is 11.3 Å². The molecule has 1 amide bonds. The molecule has 19 heavy (non-hydrogen) atoms. The number of aromatic nitrogens is 1. The van der Waals surface area contributed by atoms with Crippen LogP contribution in [0.25, 0.3) is 0 Å². The van der Waals surface area contributed by atoms with E-state index >= 15 is 0 Å². The Morgan fingerprint density at radius 2 is 2.16 bits per heavy atom. The lowest BCUT2D eigenvalue weighted by atomic mass is 10.2. The molecule has 0 bridgehead atoms. The number of hydrogen-bond donors (Lipinski definition) is 0. The second-order valence-electron chi connectivity index (χ2n) is 5.07. The molecule has 1 aliphatic rings. The molecule has 1 saturated carbocycles. The molecule has 3 nitrogen and oxygen atoms in total. The average molecular weight is 272 g/mol. The molecular formula is C15H16N2OS. The molecule has 0 unspecified atom stereocenters. The second-order valence-corrected chi connectivity index (χ2v) is 5.94. The molecule has 0 N–H and O–H groups in total. The predicted octanol–water partition coefficient (Wildman–Crippen LogP) is 2.68. The van der Waals surface area contributed by atoms with Crippen molar-refractivity contribution in [3.8, 4) is 0 Å². The first kappa shape index (κ1) is 12.4. The SMILES string of the molecule is C[C@@H]1C[C@H]1C(=O)N=c1sccn1Cc1ccccc1. The fourth-order valence-corrected chi connectivity index (χ4v) is 2.86. The molecule has 0 aliphatic heterocycles. The van der Waals surface area contributed by atoms with Gasteiger partial charge in [0, 0.05) is 24.0 Å². The average Bonchev–Trinajstić information content (AvgIpc) is 3.00. The van der Waals surface area contributed by atoms with Crippen molar-refractivity contribution in [2.75, 3.05) is 0 Å². The van der Waals surface area contributed by atoms with Gasteiger partial charge in [-0.25, -0.2) is 0 Å². The van der Waals surface area contributed by atoms with Gasteiger partial charge in [-0.2, -0.15) is 4.99 Å². The maximum Gasteiger partial charge on any atom is 0.251 e. The van der Waals surface area contributed by atoms with Crippen molar-refractivity contribution in [3.63, 3.8) is 0 Å². The van der Waals surface area contributed by atoms with Crippen molar-refractivity contribution < 1.29 is 4.79 Å². The molecular weight excluding hydrogens is 256 g/mol. The summed E-state index contributed by atoms with van der Waals surface area (Å²) in [6.07, 6.45) is 2.98. The molecule has 1 aromatic carbocycles. The monoisotopic (exact) mass is 272 g/mol. The first-order valence-electron chi connectivity index (χ1n) is 6.50. The molecule has 98 valence electrons. The maximum atomic E-state index is 11.9. The van der Waals surface area contributed by atoms with Crippen LogP contribution in [0.2, 0.25) is 0 Å². The highest BCUT2D eigenvalue weighted by atomic mass is 32.1. The van der Waals surface area contributed by atoms with Crippen LogP contribution in [-0.2, 0) is 11.3 Å². The Balaban J connectivity index is 1.82. The summed E-state index contributed by atoms with van der Waals surface area (Å²) in [6, 6.07) is 10.2. The van der Waals surface area contributed by atoms with Crippen LogP contribution in [0.5, 0.6) is 0 Å². The minimum atomic E-state index is 0.0387. The second kappa shape index (κ2) is 5.13. The van der Waals surface area contributed by atoms with Crippen LogP contribution < -0.4 is 4.80 Å². The lowest BCUT2D eigenvalue weighted by Crippen LogP contribution is -2.17. The van der Waals surface area contributed by atoms with E-state index in [2.05, 4.69) is 24.0 Å². The number of hydrogen-bond acceptors (Lipinski definition) is 2. The molecule has 1 aliphatic carbocycles. The number of carbonyl (C=O) groups is 1. The van der Waals surface area contributed by atoms with Gasteiger partial charge < -0.3 is 4.57 Å². The third kappa shape index (κ3) is 2.84. The van der Waals surface area contributed by atoms with Gasteiger partial charge in [0.1, 0.15) is 0 Å². The van der Waals surface area contributed by atoms with Crippen LogP contribution in [0, 0.1) is 11.8 Å². The molecule has 2 aromatic rings. The van der Waals surface area contributed by atoms with Gasteiger partial charge in [0.2, 0.25) is 0 Å². The van der Waals surface area contributed by atoms with E-state index < -0.39 is 0 Å². The number of thiazole rings is 1. The summed E-state index contributed by atoms with van der Waals surface area (Å²) in [5.74, 6) is 0.711. The minimum absolute atomic E-state index is 0.0387. The first-order chi connectivity index (χ1) is 9.24. The summed E-state index contributed by atoms with van der Waals surface area (Å²) >= 11 is 1.52. The normalized spacial score (nSPS) is 22.5. The molecule has 0 saturated heterocycles. The summed E-state index contributed by atoms with van der Waals surface area (Å²) < 4.78 is 2.03. The summed E-state index contributed by atoms with van der Waals surface area (Å²) in [5, 5.41) is 1.98. The zero-order valence-corrected chi connectivity index (χ0v) is 11.6. The van der Waals surface area contributed by atoms with Crippen molar-refractivity contribution in [1.29, 1.82) is 0 Å². The Kier molecular flexibility index (Phi) is 3.34. The van der Waals surface area contributed by atoms with Crippen LogP contribution in [-0.4, -0.2) is 10.5 Å². The van der Waals surface area contributed by atoms with Crippen molar-refractivity contribution in [2.45, 2.75) is 19.9 Å². The Labute approximate surface area is 116 Å². The van der Waals surface area contributed by atoms with Gasteiger partial charge in [0.05, 0.1) is 0 Å². The fraction of sp³-hybridized carbons (Fsp3) is 0.333. The standard InChI is InChI=1S/C15H16N2OS/c1-11-9-13(11)14(18)16-15-17(7-8-19-15)10-12-5-3-2-4-6-12/h2-8,11,13H,9-10H2,1H3/t11-,13-/m1/s1. The van der Waals surface area contributed by atoms with Gasteiger partial charge in [-0.05, 0) is 17.9 Å². The Bertz CT molecular complexity index is 641. The summed E-state index contributed by atoms with van der Waals surface area (Å²) in [6.45, 7) is 2.86. The van der Waals surface area contributed by atoms with Crippen molar-refractivity contribution in [3.05, 3.63) is 52.3 Å². The van der Waals surface area contributed by atoms with E-state index in [-0.39, 0.29) is 11.8 Å². The molecule has 2 atom stereocenters. The fourth-order valence-electron chi connectivity index (χ4n) is 2.13. The van der Waals surface area contributed by atoms with E-state index in [1.165, 1.54) is 16.9 Å². The third-order valence-electron chi connectivity index (χ3n) is 3.49. The third-order valence-corrected chi connectivity index (χ3v) is 4.28. The molecule has 0 spiro atoms. The Morgan fingerprint density at radius 1 is 1.42 bits per heavy atom. The van der Waals surface area contributed by atoms with E-state index in [0.29, 0.717) is 5.92 Å². The highest BCUT2D eigenvalue weighted by Crippen LogP contribution is 2.38. The number of amides is 1. The molecule has 4 heteroatoms. The van der Waals surface area contributed by atoms with Crippen LogP contribution in [0.15, 0.2) is 46.9 Å².